The predicted molar refractivity (Wildman–Crippen MR) is 55.3 cm³/mol. The second kappa shape index (κ2) is 3.87. The molecule has 0 unspecified atom stereocenters. The number of Topliss-reactive ketones (excluding diaryl/α,β-unsaturated/α-hetero) is 1. The van der Waals surface area contributed by atoms with Gasteiger partial charge in [-0.1, -0.05) is 0 Å². The number of hydrogen-bond acceptors (Lipinski definition) is 4. The van der Waals surface area contributed by atoms with Gasteiger partial charge >= 0.3 is 0 Å². The van der Waals surface area contributed by atoms with Crippen LogP contribution in [0.15, 0.2) is 4.99 Å². The van der Waals surface area contributed by atoms with E-state index in [2.05, 4.69) is 16.9 Å². The van der Waals surface area contributed by atoms with E-state index in [1.807, 2.05) is 0 Å². The van der Waals surface area contributed by atoms with E-state index in [0.717, 1.165) is 25.9 Å². The third-order valence-corrected chi connectivity index (χ3v) is 3.75. The predicted octanol–water partition coefficient (Wildman–Crippen LogP) is 0.766. The zero-order valence-electron chi connectivity index (χ0n) is 9.03. The number of carbonyl (C=O) groups excluding carboxylic acids is 2. The number of likely N-dealkylation sites (tertiary alicyclic amines) is 1. The quantitative estimate of drug-likeness (QED) is 0.497. The molecule has 0 aromatic rings. The van der Waals surface area contributed by atoms with Crippen LogP contribution in [0.3, 0.4) is 0 Å². The molecule has 0 radical (unpaired) electrons. The monoisotopic (exact) mass is 208 g/mol. The molecule has 0 atom stereocenters. The highest BCUT2D eigenvalue weighted by Crippen LogP contribution is 2.43. The molecule has 15 heavy (non-hydrogen) atoms. The molecular weight excluding hydrogens is 192 g/mol. The standard InChI is InChI=1S/C11H16N2O2/c1-13-4-2-9(3-5-13)11(12-8-14)6-10(15)7-11/h9H,2-7H2,1H3. The van der Waals surface area contributed by atoms with Gasteiger partial charge in [0.05, 0.1) is 5.54 Å². The maximum absolute atomic E-state index is 11.1. The summed E-state index contributed by atoms with van der Waals surface area (Å²) >= 11 is 0. The van der Waals surface area contributed by atoms with Gasteiger partial charge in [-0.25, -0.2) is 4.79 Å². The van der Waals surface area contributed by atoms with Gasteiger partial charge in [0.2, 0.25) is 6.08 Å². The van der Waals surface area contributed by atoms with Crippen LogP contribution in [-0.2, 0) is 9.59 Å². The van der Waals surface area contributed by atoms with Crippen LogP contribution in [0, 0.1) is 5.92 Å². The zero-order chi connectivity index (χ0) is 10.9. The van der Waals surface area contributed by atoms with Crippen LogP contribution >= 0.6 is 0 Å². The van der Waals surface area contributed by atoms with Gasteiger partial charge in [-0.15, -0.1) is 0 Å². The Bertz CT molecular complexity index is 305. The van der Waals surface area contributed by atoms with Gasteiger partial charge in [0.1, 0.15) is 5.78 Å². The lowest BCUT2D eigenvalue weighted by Crippen LogP contribution is -2.51. The van der Waals surface area contributed by atoms with Crippen molar-refractivity contribution < 1.29 is 9.59 Å². The zero-order valence-corrected chi connectivity index (χ0v) is 9.03. The molecule has 4 nitrogen and oxygen atoms in total. The van der Waals surface area contributed by atoms with Crippen molar-refractivity contribution in [1.29, 1.82) is 0 Å². The average molecular weight is 208 g/mol. The van der Waals surface area contributed by atoms with Crippen LogP contribution in [-0.4, -0.2) is 42.4 Å². The molecule has 2 aliphatic rings. The molecule has 2 fully saturated rings. The Hall–Kier alpha value is -0.990. The SMILES string of the molecule is CN1CCC(C2(N=C=O)CC(=O)C2)CC1. The molecule has 1 heterocycles. The summed E-state index contributed by atoms with van der Waals surface area (Å²) in [7, 11) is 2.10. The van der Waals surface area contributed by atoms with Crippen LogP contribution in [0.1, 0.15) is 25.7 Å². The Kier molecular flexibility index (Phi) is 2.72. The van der Waals surface area contributed by atoms with Crippen molar-refractivity contribution in [2.75, 3.05) is 20.1 Å². The number of ketones is 1. The maximum atomic E-state index is 11.1. The second-order valence-corrected chi connectivity index (χ2v) is 4.78. The van der Waals surface area contributed by atoms with E-state index in [0.29, 0.717) is 18.8 Å². The lowest BCUT2D eigenvalue weighted by molar-refractivity contribution is -0.130. The van der Waals surface area contributed by atoms with Gasteiger partial charge in [0.15, 0.2) is 0 Å². The third kappa shape index (κ3) is 1.87. The lowest BCUT2D eigenvalue weighted by Gasteiger charge is -2.45. The Labute approximate surface area is 89.4 Å². The second-order valence-electron chi connectivity index (χ2n) is 4.78. The number of piperidine rings is 1. The lowest BCUT2D eigenvalue weighted by atomic mass is 9.65. The smallest absolute Gasteiger partial charge is 0.235 e. The Balaban J connectivity index is 2.06. The molecule has 0 N–H and O–H groups in total. The van der Waals surface area contributed by atoms with E-state index >= 15 is 0 Å². The first-order valence-electron chi connectivity index (χ1n) is 5.45. The topological polar surface area (TPSA) is 49.7 Å². The molecule has 2 rings (SSSR count). The molecular formula is C11H16N2O2. The van der Waals surface area contributed by atoms with Crippen molar-refractivity contribution in [2.45, 2.75) is 31.2 Å². The summed E-state index contributed by atoms with van der Waals surface area (Å²) in [6.45, 7) is 2.07. The highest BCUT2D eigenvalue weighted by molar-refractivity contribution is 5.88. The van der Waals surface area contributed by atoms with Gasteiger partial charge < -0.3 is 4.90 Å². The molecule has 82 valence electrons. The Morgan fingerprint density at radius 2 is 2.00 bits per heavy atom. The summed E-state index contributed by atoms with van der Waals surface area (Å²) in [5.74, 6) is 0.626. The van der Waals surface area contributed by atoms with Crippen molar-refractivity contribution in [3.05, 3.63) is 0 Å². The fourth-order valence-electron chi connectivity index (χ4n) is 2.73. The van der Waals surface area contributed by atoms with Crippen molar-refractivity contribution in [2.24, 2.45) is 10.9 Å². The molecule has 4 heteroatoms. The van der Waals surface area contributed by atoms with E-state index in [4.69, 9.17) is 0 Å². The van der Waals surface area contributed by atoms with Gasteiger partial charge in [-0.3, -0.25) is 4.79 Å². The molecule has 0 aromatic carbocycles. The normalized spacial score (nSPS) is 26.9. The molecule has 1 aliphatic heterocycles. The number of carbonyl (C=O) groups is 1. The van der Waals surface area contributed by atoms with E-state index in [9.17, 15) is 9.59 Å². The van der Waals surface area contributed by atoms with E-state index in [1.165, 1.54) is 0 Å². The Morgan fingerprint density at radius 1 is 1.40 bits per heavy atom. The fourth-order valence-corrected chi connectivity index (χ4v) is 2.73. The van der Waals surface area contributed by atoms with E-state index in [1.54, 1.807) is 6.08 Å². The van der Waals surface area contributed by atoms with Crippen molar-refractivity contribution in [1.82, 2.24) is 4.90 Å². The Morgan fingerprint density at radius 3 is 2.47 bits per heavy atom. The minimum absolute atomic E-state index is 0.230. The van der Waals surface area contributed by atoms with Gasteiger partial charge in [-0.05, 0) is 38.9 Å². The highest BCUT2D eigenvalue weighted by Gasteiger charge is 2.49. The van der Waals surface area contributed by atoms with Crippen LogP contribution < -0.4 is 0 Å². The third-order valence-electron chi connectivity index (χ3n) is 3.75. The number of aliphatic imine (C=N–C) groups is 1. The molecule has 0 bridgehead atoms. The summed E-state index contributed by atoms with van der Waals surface area (Å²) < 4.78 is 0. The van der Waals surface area contributed by atoms with Crippen LogP contribution in [0.4, 0.5) is 0 Å². The van der Waals surface area contributed by atoms with Crippen molar-refractivity contribution in [3.63, 3.8) is 0 Å². The van der Waals surface area contributed by atoms with Gasteiger partial charge in [0, 0.05) is 12.8 Å². The first-order chi connectivity index (χ1) is 7.16. The molecule has 0 spiro atoms. The summed E-state index contributed by atoms with van der Waals surface area (Å²) in [5.41, 5.74) is -0.375. The fraction of sp³-hybridized carbons (Fsp3) is 0.818. The molecule has 1 saturated carbocycles. The van der Waals surface area contributed by atoms with Crippen molar-refractivity contribution >= 4 is 11.9 Å². The molecule has 1 aliphatic carbocycles. The first kappa shape index (κ1) is 10.5. The molecule has 0 aromatic heterocycles. The summed E-state index contributed by atoms with van der Waals surface area (Å²) in [4.78, 5) is 27.7. The van der Waals surface area contributed by atoms with Crippen LogP contribution in [0.25, 0.3) is 0 Å². The van der Waals surface area contributed by atoms with Crippen LogP contribution in [0.5, 0.6) is 0 Å². The van der Waals surface area contributed by atoms with E-state index in [-0.39, 0.29) is 11.3 Å². The number of isocyanates is 1. The number of rotatable bonds is 2. The molecule has 0 amide bonds. The summed E-state index contributed by atoms with van der Waals surface area (Å²) in [5, 5.41) is 0. The highest BCUT2D eigenvalue weighted by atomic mass is 16.1. The average Bonchev–Trinajstić information content (AvgIpc) is 2.16. The summed E-state index contributed by atoms with van der Waals surface area (Å²) in [6, 6.07) is 0. The van der Waals surface area contributed by atoms with Crippen LogP contribution in [0.2, 0.25) is 0 Å². The number of nitrogens with zero attached hydrogens (tertiary/aromatic N) is 2. The minimum atomic E-state index is -0.375. The number of hydrogen-bond donors (Lipinski definition) is 0. The first-order valence-corrected chi connectivity index (χ1v) is 5.45. The van der Waals surface area contributed by atoms with Gasteiger partial charge in [0.25, 0.3) is 0 Å². The molecule has 1 saturated heterocycles. The largest absolute Gasteiger partial charge is 0.306 e. The van der Waals surface area contributed by atoms with Crippen molar-refractivity contribution in [3.8, 4) is 0 Å². The maximum Gasteiger partial charge on any atom is 0.235 e. The van der Waals surface area contributed by atoms with E-state index < -0.39 is 0 Å². The minimum Gasteiger partial charge on any atom is -0.306 e. The van der Waals surface area contributed by atoms with Gasteiger partial charge in [-0.2, -0.15) is 4.99 Å². The summed E-state index contributed by atoms with van der Waals surface area (Å²) in [6.07, 6.45) is 4.63.